The summed E-state index contributed by atoms with van der Waals surface area (Å²) < 4.78 is 7.18. The van der Waals surface area contributed by atoms with Crippen molar-refractivity contribution in [3.63, 3.8) is 0 Å². The summed E-state index contributed by atoms with van der Waals surface area (Å²) in [5, 5.41) is 12.1. The number of nitrogens with zero attached hydrogens (tertiary/aromatic N) is 4. The molecule has 0 amide bonds. The Labute approximate surface area is 130 Å². The molecule has 108 valence electrons. The monoisotopic (exact) mass is 329 g/mol. The number of thioether (sulfide) groups is 1. The number of hydrogen-bond donors (Lipinski definition) is 1. The highest BCUT2D eigenvalue weighted by molar-refractivity contribution is 8.02. The number of aromatic nitrogens is 4. The van der Waals surface area contributed by atoms with E-state index in [-0.39, 0.29) is 0 Å². The minimum Gasteiger partial charge on any atom is -0.374 e. The topological polar surface area (TPSA) is 72.8 Å². The van der Waals surface area contributed by atoms with Gasteiger partial charge in [-0.3, -0.25) is 0 Å². The molecule has 0 aliphatic heterocycles. The van der Waals surface area contributed by atoms with Crippen molar-refractivity contribution in [2.45, 2.75) is 27.2 Å². The first-order valence-corrected chi connectivity index (χ1v) is 8.79. The molecule has 2 aromatic rings. The summed E-state index contributed by atoms with van der Waals surface area (Å²) in [6, 6.07) is 1.89. The minimum atomic E-state index is 0.408. The lowest BCUT2D eigenvalue weighted by atomic mass is 10.5. The second-order valence-electron chi connectivity index (χ2n) is 3.53. The van der Waals surface area contributed by atoms with Gasteiger partial charge in [0.25, 0.3) is 0 Å². The Kier molecular flexibility index (Phi) is 6.02. The molecule has 2 aromatic heterocycles. The van der Waals surface area contributed by atoms with E-state index in [0.717, 1.165) is 19.5 Å². The van der Waals surface area contributed by atoms with Gasteiger partial charge in [0.2, 0.25) is 0 Å². The van der Waals surface area contributed by atoms with Crippen molar-refractivity contribution in [2.24, 2.45) is 0 Å². The van der Waals surface area contributed by atoms with Crippen molar-refractivity contribution in [1.29, 1.82) is 0 Å². The van der Waals surface area contributed by atoms with E-state index in [1.54, 1.807) is 23.1 Å². The number of hydrogen-bond acceptors (Lipinski definition) is 9. The van der Waals surface area contributed by atoms with E-state index in [2.05, 4.69) is 25.5 Å². The first kappa shape index (κ1) is 15.5. The molecule has 6 nitrogen and oxygen atoms in total. The van der Waals surface area contributed by atoms with Crippen LogP contribution in [-0.2, 0) is 11.3 Å². The van der Waals surface area contributed by atoms with E-state index in [4.69, 9.17) is 4.74 Å². The fourth-order valence-corrected chi connectivity index (χ4v) is 3.73. The Morgan fingerprint density at radius 2 is 2.10 bits per heavy atom. The van der Waals surface area contributed by atoms with Crippen LogP contribution in [0.25, 0.3) is 0 Å². The van der Waals surface area contributed by atoms with E-state index in [1.807, 2.05) is 26.3 Å². The van der Waals surface area contributed by atoms with E-state index in [1.165, 1.54) is 11.8 Å². The van der Waals surface area contributed by atoms with Gasteiger partial charge in [-0.15, -0.1) is 10.2 Å². The predicted octanol–water partition coefficient (Wildman–Crippen LogP) is 2.78. The molecule has 0 saturated carbocycles. The van der Waals surface area contributed by atoms with Crippen molar-refractivity contribution in [3.8, 4) is 0 Å². The van der Waals surface area contributed by atoms with Crippen LogP contribution in [0.5, 0.6) is 0 Å². The maximum Gasteiger partial charge on any atom is 0.181 e. The number of ether oxygens (including phenoxy) is 1. The minimum absolute atomic E-state index is 0.408. The molecule has 0 saturated heterocycles. The Hall–Kier alpha value is -0.900. The molecular formula is C11H15N5OS3. The molecule has 0 bridgehead atoms. The van der Waals surface area contributed by atoms with Gasteiger partial charge in [0.1, 0.15) is 17.5 Å². The molecule has 0 aromatic carbocycles. The van der Waals surface area contributed by atoms with Crippen LogP contribution in [0.3, 0.4) is 0 Å². The summed E-state index contributed by atoms with van der Waals surface area (Å²) in [6.45, 7) is 3.00. The summed E-state index contributed by atoms with van der Waals surface area (Å²) >= 11 is 4.63. The largest absolute Gasteiger partial charge is 0.374 e. The third-order valence-corrected chi connectivity index (χ3v) is 5.06. The van der Waals surface area contributed by atoms with Crippen LogP contribution in [0.2, 0.25) is 0 Å². The van der Waals surface area contributed by atoms with E-state index in [9.17, 15) is 0 Å². The van der Waals surface area contributed by atoms with E-state index < -0.39 is 0 Å². The zero-order chi connectivity index (χ0) is 14.4. The van der Waals surface area contributed by atoms with Crippen LogP contribution >= 0.6 is 34.9 Å². The zero-order valence-electron chi connectivity index (χ0n) is 11.4. The SMILES string of the molecule is CCOCc1nc(NC)cc(Sc2nnc(SC)s2)n1. The average Bonchev–Trinajstić information content (AvgIpc) is 2.92. The van der Waals surface area contributed by atoms with Crippen molar-refractivity contribution >= 4 is 40.7 Å². The third kappa shape index (κ3) is 4.30. The smallest absolute Gasteiger partial charge is 0.181 e. The Balaban J connectivity index is 2.16. The fraction of sp³-hybridized carbons (Fsp3) is 0.455. The lowest BCUT2D eigenvalue weighted by Gasteiger charge is -2.06. The van der Waals surface area contributed by atoms with Gasteiger partial charge in [0.05, 0.1) is 0 Å². The molecule has 1 N–H and O–H groups in total. The fourth-order valence-electron chi connectivity index (χ4n) is 1.32. The number of rotatable bonds is 7. The summed E-state index contributed by atoms with van der Waals surface area (Å²) in [5.41, 5.74) is 0. The number of anilines is 1. The summed E-state index contributed by atoms with van der Waals surface area (Å²) in [7, 11) is 1.83. The zero-order valence-corrected chi connectivity index (χ0v) is 13.9. The van der Waals surface area contributed by atoms with Gasteiger partial charge in [0.15, 0.2) is 14.5 Å². The molecule has 0 aliphatic carbocycles. The third-order valence-electron chi connectivity index (χ3n) is 2.19. The summed E-state index contributed by atoms with van der Waals surface area (Å²) in [6.07, 6.45) is 1.99. The quantitative estimate of drug-likeness (QED) is 0.614. The van der Waals surface area contributed by atoms with Crippen LogP contribution in [0.15, 0.2) is 19.8 Å². The first-order chi connectivity index (χ1) is 9.75. The van der Waals surface area contributed by atoms with Crippen LogP contribution in [0.1, 0.15) is 12.7 Å². The second kappa shape index (κ2) is 7.77. The van der Waals surface area contributed by atoms with Gasteiger partial charge in [-0.25, -0.2) is 9.97 Å². The van der Waals surface area contributed by atoms with Gasteiger partial charge < -0.3 is 10.1 Å². The first-order valence-electron chi connectivity index (χ1n) is 5.94. The maximum atomic E-state index is 5.36. The summed E-state index contributed by atoms with van der Waals surface area (Å²) in [5.74, 6) is 1.43. The molecule has 2 rings (SSSR count). The van der Waals surface area contributed by atoms with Crippen LogP contribution in [0, 0.1) is 0 Å². The van der Waals surface area contributed by atoms with Gasteiger partial charge >= 0.3 is 0 Å². The average molecular weight is 329 g/mol. The molecule has 0 aliphatic rings. The van der Waals surface area contributed by atoms with E-state index >= 15 is 0 Å². The van der Waals surface area contributed by atoms with Crippen LogP contribution in [-0.4, -0.2) is 40.1 Å². The molecule has 0 radical (unpaired) electrons. The van der Waals surface area contributed by atoms with Gasteiger partial charge in [-0.05, 0) is 24.9 Å². The predicted molar refractivity (Wildman–Crippen MR) is 82.7 cm³/mol. The second-order valence-corrected chi connectivity index (χ2v) is 6.83. The molecule has 0 atom stereocenters. The Bertz CT molecular complexity index is 563. The Morgan fingerprint density at radius 3 is 2.75 bits per heavy atom. The van der Waals surface area contributed by atoms with E-state index in [0.29, 0.717) is 19.0 Å². The highest BCUT2D eigenvalue weighted by Crippen LogP contribution is 2.32. The lowest BCUT2D eigenvalue weighted by molar-refractivity contribution is 0.128. The standard InChI is InChI=1S/C11H15N5OS3/c1-4-17-6-8-13-7(12-2)5-9(14-8)19-11-16-15-10(18-3)20-11/h5H,4,6H2,1-3H3,(H,12,13,14). The van der Waals surface area contributed by atoms with Crippen molar-refractivity contribution in [3.05, 3.63) is 11.9 Å². The van der Waals surface area contributed by atoms with Gasteiger partial charge in [-0.2, -0.15) is 0 Å². The maximum absolute atomic E-state index is 5.36. The molecule has 2 heterocycles. The highest BCUT2D eigenvalue weighted by Gasteiger charge is 2.09. The number of nitrogens with one attached hydrogen (secondary N) is 1. The Morgan fingerprint density at radius 1 is 1.30 bits per heavy atom. The molecular weight excluding hydrogens is 314 g/mol. The summed E-state index contributed by atoms with van der Waals surface area (Å²) in [4.78, 5) is 8.82. The molecule has 20 heavy (non-hydrogen) atoms. The van der Waals surface area contributed by atoms with Crippen molar-refractivity contribution in [1.82, 2.24) is 20.2 Å². The van der Waals surface area contributed by atoms with Gasteiger partial charge in [0, 0.05) is 19.7 Å². The van der Waals surface area contributed by atoms with Crippen LogP contribution < -0.4 is 5.32 Å². The lowest BCUT2D eigenvalue weighted by Crippen LogP contribution is -2.03. The highest BCUT2D eigenvalue weighted by atomic mass is 32.2. The van der Waals surface area contributed by atoms with Crippen LogP contribution in [0.4, 0.5) is 5.82 Å². The van der Waals surface area contributed by atoms with Crippen molar-refractivity contribution in [2.75, 3.05) is 25.2 Å². The van der Waals surface area contributed by atoms with Crippen molar-refractivity contribution < 1.29 is 4.74 Å². The van der Waals surface area contributed by atoms with Gasteiger partial charge in [-0.1, -0.05) is 23.1 Å². The molecule has 0 spiro atoms. The molecule has 0 unspecified atom stereocenters. The normalized spacial score (nSPS) is 10.8. The molecule has 9 heteroatoms. The molecule has 0 fully saturated rings.